The highest BCUT2D eigenvalue weighted by atomic mass is 16.6. The smallest absolute Gasteiger partial charge is 0.413 e. The maximum absolute atomic E-state index is 11.9. The molecule has 1 heterocycles. The minimum atomic E-state index is -0.843. The van der Waals surface area contributed by atoms with Crippen LogP contribution in [0.15, 0.2) is 11.0 Å². The third-order valence-corrected chi connectivity index (χ3v) is 2.34. The van der Waals surface area contributed by atoms with E-state index in [9.17, 15) is 14.4 Å². The van der Waals surface area contributed by atoms with E-state index >= 15 is 0 Å². The number of amides is 1. The van der Waals surface area contributed by atoms with Crippen molar-refractivity contribution in [2.24, 2.45) is 0 Å². The monoisotopic (exact) mass is 322 g/mol. The Kier molecular flexibility index (Phi) is 5.84. The summed E-state index contributed by atoms with van der Waals surface area (Å²) >= 11 is 0. The standard InChI is InChI=1S/C14H18N4O5/c1-5-22-10(19)8-18-7-9(6-15)11(16-12(18)20)17-13(21)23-14(2,3)4/h7H,5,8H2,1-4H3,(H,16,17,20,21). The lowest BCUT2D eigenvalue weighted by Gasteiger charge is -2.19. The number of nitriles is 1. The molecule has 0 aliphatic heterocycles. The lowest BCUT2D eigenvalue weighted by molar-refractivity contribution is -0.143. The number of rotatable bonds is 4. The van der Waals surface area contributed by atoms with E-state index in [2.05, 4.69) is 10.3 Å². The van der Waals surface area contributed by atoms with Crippen molar-refractivity contribution < 1.29 is 19.1 Å². The molecule has 0 saturated carbocycles. The Morgan fingerprint density at radius 3 is 2.61 bits per heavy atom. The number of ether oxygens (including phenoxy) is 2. The van der Waals surface area contributed by atoms with Crippen molar-refractivity contribution in [3.8, 4) is 6.07 Å². The van der Waals surface area contributed by atoms with Gasteiger partial charge in [0.25, 0.3) is 0 Å². The molecule has 0 radical (unpaired) electrons. The van der Waals surface area contributed by atoms with E-state index in [1.165, 1.54) is 0 Å². The van der Waals surface area contributed by atoms with Crippen molar-refractivity contribution >= 4 is 17.9 Å². The summed E-state index contributed by atoms with van der Waals surface area (Å²) in [6, 6.07) is 1.79. The van der Waals surface area contributed by atoms with Crippen molar-refractivity contribution in [2.75, 3.05) is 11.9 Å². The molecule has 0 aliphatic carbocycles. The minimum Gasteiger partial charge on any atom is -0.465 e. The molecule has 9 heteroatoms. The van der Waals surface area contributed by atoms with Gasteiger partial charge in [0.15, 0.2) is 5.82 Å². The summed E-state index contributed by atoms with van der Waals surface area (Å²) in [6.45, 7) is 6.44. The highest BCUT2D eigenvalue weighted by molar-refractivity contribution is 5.85. The molecule has 1 aromatic rings. The fraction of sp³-hybridized carbons (Fsp3) is 0.500. The van der Waals surface area contributed by atoms with Crippen LogP contribution in [0.5, 0.6) is 0 Å². The molecule has 0 unspecified atom stereocenters. The second kappa shape index (κ2) is 7.40. The van der Waals surface area contributed by atoms with Gasteiger partial charge < -0.3 is 9.47 Å². The molecule has 0 saturated heterocycles. The molecular formula is C14H18N4O5. The van der Waals surface area contributed by atoms with Crippen LogP contribution in [-0.4, -0.2) is 33.8 Å². The molecule has 0 aliphatic rings. The number of hydrogen-bond acceptors (Lipinski definition) is 7. The Bertz CT molecular complexity index is 697. The van der Waals surface area contributed by atoms with E-state index in [1.54, 1.807) is 33.8 Å². The fourth-order valence-electron chi connectivity index (χ4n) is 1.53. The summed E-state index contributed by atoms with van der Waals surface area (Å²) in [5, 5.41) is 11.3. The maximum Gasteiger partial charge on any atom is 0.413 e. The Hall–Kier alpha value is -2.89. The van der Waals surface area contributed by atoms with Gasteiger partial charge >= 0.3 is 17.8 Å². The molecule has 0 bridgehead atoms. The molecule has 0 aromatic carbocycles. The SMILES string of the molecule is CCOC(=O)Cn1cc(C#N)c(NC(=O)OC(C)(C)C)nc1=O. The van der Waals surface area contributed by atoms with Gasteiger partial charge in [0.05, 0.1) is 6.61 Å². The Labute approximate surface area is 132 Å². The number of esters is 1. The summed E-state index contributed by atoms with van der Waals surface area (Å²) in [4.78, 5) is 38.5. The minimum absolute atomic E-state index is 0.0836. The van der Waals surface area contributed by atoms with E-state index in [0.717, 1.165) is 10.8 Å². The van der Waals surface area contributed by atoms with Crippen molar-refractivity contribution in [3.05, 3.63) is 22.2 Å². The second-order valence-electron chi connectivity index (χ2n) is 5.46. The molecule has 9 nitrogen and oxygen atoms in total. The van der Waals surface area contributed by atoms with Crippen LogP contribution in [0.1, 0.15) is 33.3 Å². The summed E-state index contributed by atoms with van der Waals surface area (Å²) in [5.41, 5.74) is -1.63. The fourth-order valence-corrected chi connectivity index (χ4v) is 1.53. The lowest BCUT2D eigenvalue weighted by atomic mass is 10.2. The first kappa shape index (κ1) is 18.2. The van der Waals surface area contributed by atoms with E-state index in [4.69, 9.17) is 14.7 Å². The van der Waals surface area contributed by atoms with Crippen LogP contribution in [0.4, 0.5) is 10.6 Å². The molecule has 1 aromatic heterocycles. The molecule has 23 heavy (non-hydrogen) atoms. The number of carbonyl (C=O) groups is 2. The van der Waals surface area contributed by atoms with Gasteiger partial charge in [0.2, 0.25) is 0 Å². The van der Waals surface area contributed by atoms with Crippen LogP contribution in [-0.2, 0) is 20.8 Å². The third kappa shape index (κ3) is 5.78. The number of carbonyl (C=O) groups excluding carboxylic acids is 2. The van der Waals surface area contributed by atoms with Gasteiger partial charge in [-0.25, -0.2) is 9.59 Å². The first-order chi connectivity index (χ1) is 10.7. The normalized spacial score (nSPS) is 10.6. The molecule has 0 atom stereocenters. The van der Waals surface area contributed by atoms with Crippen molar-refractivity contribution in [1.82, 2.24) is 9.55 Å². The third-order valence-electron chi connectivity index (χ3n) is 2.34. The molecule has 1 N–H and O–H groups in total. The van der Waals surface area contributed by atoms with Crippen LogP contribution < -0.4 is 11.0 Å². The Morgan fingerprint density at radius 1 is 1.43 bits per heavy atom. The second-order valence-corrected chi connectivity index (χ2v) is 5.46. The first-order valence-electron chi connectivity index (χ1n) is 6.83. The van der Waals surface area contributed by atoms with Crippen LogP contribution >= 0.6 is 0 Å². The van der Waals surface area contributed by atoms with Crippen molar-refractivity contribution in [1.29, 1.82) is 5.26 Å². The topological polar surface area (TPSA) is 123 Å². The lowest BCUT2D eigenvalue weighted by Crippen LogP contribution is -2.31. The zero-order valence-corrected chi connectivity index (χ0v) is 13.4. The average Bonchev–Trinajstić information content (AvgIpc) is 2.39. The zero-order valence-electron chi connectivity index (χ0n) is 13.4. The van der Waals surface area contributed by atoms with Crippen LogP contribution in [0.25, 0.3) is 0 Å². The maximum atomic E-state index is 11.9. The van der Waals surface area contributed by atoms with Gasteiger partial charge in [-0.1, -0.05) is 0 Å². The predicted molar refractivity (Wildman–Crippen MR) is 79.7 cm³/mol. The Morgan fingerprint density at radius 2 is 2.09 bits per heavy atom. The van der Waals surface area contributed by atoms with Gasteiger partial charge in [0, 0.05) is 6.20 Å². The molecule has 1 amide bonds. The molecule has 124 valence electrons. The number of nitrogens with zero attached hydrogens (tertiary/aromatic N) is 3. The van der Waals surface area contributed by atoms with Crippen LogP contribution in [0.3, 0.4) is 0 Å². The summed E-state index contributed by atoms with van der Waals surface area (Å²) in [6.07, 6.45) is 0.280. The highest BCUT2D eigenvalue weighted by Crippen LogP contribution is 2.12. The van der Waals surface area contributed by atoms with Crippen molar-refractivity contribution in [3.63, 3.8) is 0 Å². The molecule has 0 spiro atoms. The van der Waals surface area contributed by atoms with E-state index in [-0.39, 0.29) is 24.5 Å². The van der Waals surface area contributed by atoms with E-state index < -0.39 is 23.4 Å². The molecule has 1 rings (SSSR count). The quantitative estimate of drug-likeness (QED) is 0.821. The van der Waals surface area contributed by atoms with Crippen LogP contribution in [0.2, 0.25) is 0 Å². The number of nitrogens with one attached hydrogen (secondary N) is 1. The van der Waals surface area contributed by atoms with Gasteiger partial charge in [0.1, 0.15) is 23.8 Å². The number of anilines is 1. The first-order valence-corrected chi connectivity index (χ1v) is 6.83. The number of hydrogen-bond donors (Lipinski definition) is 1. The van der Waals surface area contributed by atoms with E-state index in [0.29, 0.717) is 0 Å². The largest absolute Gasteiger partial charge is 0.465 e. The number of aromatic nitrogens is 2. The summed E-state index contributed by atoms with van der Waals surface area (Å²) in [7, 11) is 0. The summed E-state index contributed by atoms with van der Waals surface area (Å²) in [5.74, 6) is -0.861. The van der Waals surface area contributed by atoms with Gasteiger partial charge in [-0.3, -0.25) is 14.7 Å². The highest BCUT2D eigenvalue weighted by Gasteiger charge is 2.19. The molecular weight excluding hydrogens is 304 g/mol. The molecule has 0 fully saturated rings. The Balaban J connectivity index is 3.01. The summed E-state index contributed by atoms with van der Waals surface area (Å²) < 4.78 is 10.7. The average molecular weight is 322 g/mol. The van der Waals surface area contributed by atoms with E-state index in [1.807, 2.05) is 0 Å². The predicted octanol–water partition coefficient (Wildman–Crippen LogP) is 1.03. The van der Waals surface area contributed by atoms with Gasteiger partial charge in [-0.05, 0) is 27.7 Å². The zero-order chi connectivity index (χ0) is 17.6. The van der Waals surface area contributed by atoms with Gasteiger partial charge in [-0.15, -0.1) is 0 Å². The van der Waals surface area contributed by atoms with Gasteiger partial charge in [-0.2, -0.15) is 10.2 Å². The van der Waals surface area contributed by atoms with Crippen molar-refractivity contribution in [2.45, 2.75) is 39.8 Å². The van der Waals surface area contributed by atoms with Crippen LogP contribution in [0, 0.1) is 11.3 Å².